The summed E-state index contributed by atoms with van der Waals surface area (Å²) in [5.74, 6) is 0.193. The molecule has 1 heterocycles. The largest absolute Gasteiger partial charge is 0.341 e. The van der Waals surface area contributed by atoms with E-state index in [1.54, 1.807) is 0 Å². The van der Waals surface area contributed by atoms with E-state index >= 15 is 0 Å². The first kappa shape index (κ1) is 10.2. The Bertz CT molecular complexity index is 337. The summed E-state index contributed by atoms with van der Waals surface area (Å²) in [6.45, 7) is 1.50. The van der Waals surface area contributed by atoms with Crippen LogP contribution in [0.1, 0.15) is 12.0 Å². The number of carbonyl (C=O) groups is 1. The number of carbonyl (C=O) groups excluding carboxylic acids is 1. The zero-order valence-corrected chi connectivity index (χ0v) is 8.73. The summed E-state index contributed by atoms with van der Waals surface area (Å²) >= 11 is 0. The summed E-state index contributed by atoms with van der Waals surface area (Å²) in [5, 5.41) is 0. The molecule has 0 saturated carbocycles. The van der Waals surface area contributed by atoms with E-state index in [9.17, 15) is 4.79 Å². The molecule has 15 heavy (non-hydrogen) atoms. The molecule has 1 unspecified atom stereocenters. The van der Waals surface area contributed by atoms with Crippen LogP contribution >= 0.6 is 0 Å². The molecule has 1 aromatic carbocycles. The van der Waals surface area contributed by atoms with E-state index in [4.69, 9.17) is 5.73 Å². The lowest BCUT2D eigenvalue weighted by Gasteiger charge is -2.15. The van der Waals surface area contributed by atoms with Crippen LogP contribution in [0.2, 0.25) is 0 Å². The van der Waals surface area contributed by atoms with Crippen molar-refractivity contribution in [3.63, 3.8) is 0 Å². The van der Waals surface area contributed by atoms with E-state index < -0.39 is 0 Å². The highest BCUT2D eigenvalue weighted by atomic mass is 16.2. The van der Waals surface area contributed by atoms with Gasteiger partial charge in [0.05, 0.1) is 0 Å². The van der Waals surface area contributed by atoms with E-state index in [1.807, 2.05) is 23.1 Å². The number of nitrogens with two attached hydrogens (primary N) is 1. The van der Waals surface area contributed by atoms with E-state index in [0.717, 1.165) is 13.0 Å². The van der Waals surface area contributed by atoms with Gasteiger partial charge in [0.2, 0.25) is 5.91 Å². The van der Waals surface area contributed by atoms with Crippen molar-refractivity contribution < 1.29 is 4.79 Å². The smallest absolute Gasteiger partial charge is 0.224 e. The van der Waals surface area contributed by atoms with E-state index in [-0.39, 0.29) is 11.9 Å². The Morgan fingerprint density at radius 2 is 2.07 bits per heavy atom. The summed E-state index contributed by atoms with van der Waals surface area (Å²) in [6, 6.07) is 10.2. The number of hydrogen-bond donors (Lipinski definition) is 1. The van der Waals surface area contributed by atoms with E-state index in [2.05, 4.69) is 12.1 Å². The van der Waals surface area contributed by atoms with Crippen LogP contribution in [0.4, 0.5) is 0 Å². The van der Waals surface area contributed by atoms with Crippen molar-refractivity contribution in [3.05, 3.63) is 35.9 Å². The van der Waals surface area contributed by atoms with Crippen molar-refractivity contribution >= 4 is 5.91 Å². The Morgan fingerprint density at radius 3 is 2.67 bits per heavy atom. The fraction of sp³-hybridized carbons (Fsp3) is 0.417. The second-order valence-electron chi connectivity index (χ2n) is 4.04. The third kappa shape index (κ3) is 2.57. The first-order valence-electron chi connectivity index (χ1n) is 5.33. The van der Waals surface area contributed by atoms with Gasteiger partial charge in [-0.05, 0) is 12.0 Å². The molecule has 1 saturated heterocycles. The Hall–Kier alpha value is -1.35. The summed E-state index contributed by atoms with van der Waals surface area (Å²) in [6.07, 6.45) is 1.42. The minimum atomic E-state index is 0.0354. The third-order valence-electron chi connectivity index (χ3n) is 2.76. The molecule has 1 aliphatic rings. The van der Waals surface area contributed by atoms with Gasteiger partial charge < -0.3 is 10.6 Å². The average molecular weight is 204 g/mol. The fourth-order valence-corrected chi connectivity index (χ4v) is 1.93. The lowest BCUT2D eigenvalue weighted by molar-refractivity contribution is -0.127. The first-order valence-corrected chi connectivity index (χ1v) is 5.33. The zero-order valence-electron chi connectivity index (χ0n) is 8.73. The molecule has 0 spiro atoms. The number of amides is 1. The predicted octanol–water partition coefficient (Wildman–Crippen LogP) is 0.789. The average Bonchev–Trinajstić information content (AvgIpc) is 2.56. The van der Waals surface area contributed by atoms with Crippen molar-refractivity contribution in [2.45, 2.75) is 18.9 Å². The quantitative estimate of drug-likeness (QED) is 0.791. The van der Waals surface area contributed by atoms with Gasteiger partial charge in [0.15, 0.2) is 0 Å². The number of likely N-dealkylation sites (tertiary alicyclic amines) is 1. The SMILES string of the molecule is NC1CC(=O)N(CCc2ccccc2)C1. The van der Waals surface area contributed by atoms with Crippen LogP contribution in [0.25, 0.3) is 0 Å². The van der Waals surface area contributed by atoms with Crippen molar-refractivity contribution in [3.8, 4) is 0 Å². The first-order chi connectivity index (χ1) is 7.25. The van der Waals surface area contributed by atoms with Crippen molar-refractivity contribution in [1.82, 2.24) is 4.90 Å². The standard InChI is InChI=1S/C12H16N2O/c13-11-8-12(15)14(9-11)7-6-10-4-2-1-3-5-10/h1-5,11H,6-9,13H2. The van der Waals surface area contributed by atoms with Gasteiger partial charge in [0.25, 0.3) is 0 Å². The molecule has 2 N–H and O–H groups in total. The second-order valence-corrected chi connectivity index (χ2v) is 4.04. The summed E-state index contributed by atoms with van der Waals surface area (Å²) < 4.78 is 0. The molecule has 3 heteroatoms. The van der Waals surface area contributed by atoms with E-state index in [1.165, 1.54) is 5.56 Å². The van der Waals surface area contributed by atoms with Gasteiger partial charge in [-0.3, -0.25) is 4.79 Å². The van der Waals surface area contributed by atoms with Gasteiger partial charge in [0, 0.05) is 25.6 Å². The maximum absolute atomic E-state index is 11.5. The molecule has 1 fully saturated rings. The summed E-state index contributed by atoms with van der Waals surface area (Å²) in [5.41, 5.74) is 6.99. The normalized spacial score (nSPS) is 21.0. The Balaban J connectivity index is 1.86. The molecule has 1 aromatic rings. The van der Waals surface area contributed by atoms with Crippen LogP contribution in [-0.2, 0) is 11.2 Å². The van der Waals surface area contributed by atoms with Crippen molar-refractivity contribution in [2.24, 2.45) is 5.73 Å². The highest BCUT2D eigenvalue weighted by Crippen LogP contribution is 2.10. The Morgan fingerprint density at radius 1 is 1.33 bits per heavy atom. The molecular weight excluding hydrogens is 188 g/mol. The second kappa shape index (κ2) is 4.45. The molecule has 1 aliphatic heterocycles. The van der Waals surface area contributed by atoms with Crippen molar-refractivity contribution in [1.29, 1.82) is 0 Å². The highest BCUT2D eigenvalue weighted by Gasteiger charge is 2.25. The Kier molecular flexibility index (Phi) is 3.02. The summed E-state index contributed by atoms with van der Waals surface area (Å²) in [4.78, 5) is 13.3. The van der Waals surface area contributed by atoms with Gasteiger partial charge in [0.1, 0.15) is 0 Å². The van der Waals surface area contributed by atoms with Crippen LogP contribution in [0.15, 0.2) is 30.3 Å². The molecule has 0 aliphatic carbocycles. The maximum atomic E-state index is 11.5. The lowest BCUT2D eigenvalue weighted by atomic mass is 10.1. The van der Waals surface area contributed by atoms with Gasteiger partial charge in [-0.15, -0.1) is 0 Å². The topological polar surface area (TPSA) is 46.3 Å². The summed E-state index contributed by atoms with van der Waals surface area (Å²) in [7, 11) is 0. The zero-order chi connectivity index (χ0) is 10.7. The molecular formula is C12H16N2O. The van der Waals surface area contributed by atoms with Crippen LogP contribution in [-0.4, -0.2) is 29.9 Å². The van der Waals surface area contributed by atoms with Crippen LogP contribution in [0, 0.1) is 0 Å². The van der Waals surface area contributed by atoms with Crippen LogP contribution in [0.3, 0.4) is 0 Å². The molecule has 0 bridgehead atoms. The predicted molar refractivity (Wildman–Crippen MR) is 59.3 cm³/mol. The van der Waals surface area contributed by atoms with Crippen LogP contribution < -0.4 is 5.73 Å². The minimum absolute atomic E-state index is 0.0354. The highest BCUT2D eigenvalue weighted by molar-refractivity contribution is 5.79. The fourth-order valence-electron chi connectivity index (χ4n) is 1.93. The Labute approximate surface area is 89.9 Å². The van der Waals surface area contributed by atoms with Gasteiger partial charge in [-0.25, -0.2) is 0 Å². The molecule has 1 amide bonds. The third-order valence-corrected chi connectivity index (χ3v) is 2.76. The number of rotatable bonds is 3. The monoisotopic (exact) mass is 204 g/mol. The molecule has 1 atom stereocenters. The van der Waals surface area contributed by atoms with Crippen LogP contribution in [0.5, 0.6) is 0 Å². The number of nitrogens with zero attached hydrogens (tertiary/aromatic N) is 1. The van der Waals surface area contributed by atoms with Gasteiger partial charge in [-0.2, -0.15) is 0 Å². The van der Waals surface area contributed by atoms with Gasteiger partial charge >= 0.3 is 0 Å². The molecule has 3 nitrogen and oxygen atoms in total. The minimum Gasteiger partial charge on any atom is -0.341 e. The van der Waals surface area contributed by atoms with Crippen molar-refractivity contribution in [2.75, 3.05) is 13.1 Å². The number of benzene rings is 1. The molecule has 0 aromatic heterocycles. The lowest BCUT2D eigenvalue weighted by Crippen LogP contribution is -2.30. The number of hydrogen-bond acceptors (Lipinski definition) is 2. The maximum Gasteiger partial charge on any atom is 0.224 e. The van der Waals surface area contributed by atoms with Gasteiger partial charge in [-0.1, -0.05) is 30.3 Å². The molecule has 80 valence electrons. The molecule has 0 radical (unpaired) electrons. The van der Waals surface area contributed by atoms with E-state index in [0.29, 0.717) is 13.0 Å². The molecule has 2 rings (SSSR count).